The Labute approximate surface area is 106 Å². The van der Waals surface area contributed by atoms with Crippen molar-refractivity contribution in [3.63, 3.8) is 0 Å². The van der Waals surface area contributed by atoms with E-state index in [0.29, 0.717) is 0 Å². The standard InChI is InChI=1S/C11H7FINO2/c1-16-11(15)8(6-14)4-7-5-9(13)2-3-10(7)12/h2-5H,1H3/b8-4+. The van der Waals surface area contributed by atoms with E-state index in [-0.39, 0.29) is 11.1 Å². The van der Waals surface area contributed by atoms with Crippen molar-refractivity contribution in [1.29, 1.82) is 5.26 Å². The summed E-state index contributed by atoms with van der Waals surface area (Å²) in [6, 6.07) is 6.08. The topological polar surface area (TPSA) is 50.1 Å². The number of methoxy groups -OCH3 is 1. The van der Waals surface area contributed by atoms with Gasteiger partial charge < -0.3 is 4.74 Å². The number of rotatable bonds is 2. The summed E-state index contributed by atoms with van der Waals surface area (Å²) in [5, 5.41) is 8.71. The largest absolute Gasteiger partial charge is 0.465 e. The molecular formula is C11H7FINO2. The zero-order valence-corrected chi connectivity index (χ0v) is 10.5. The Kier molecular flexibility index (Phi) is 4.43. The molecule has 0 bridgehead atoms. The maximum absolute atomic E-state index is 13.3. The van der Waals surface area contributed by atoms with Crippen LogP contribution in [0.15, 0.2) is 23.8 Å². The van der Waals surface area contributed by atoms with E-state index in [9.17, 15) is 9.18 Å². The van der Waals surface area contributed by atoms with Gasteiger partial charge in [0.05, 0.1) is 7.11 Å². The number of esters is 1. The van der Waals surface area contributed by atoms with Crippen molar-refractivity contribution >= 4 is 34.6 Å². The number of carbonyl (C=O) groups is 1. The molecule has 82 valence electrons. The fourth-order valence-electron chi connectivity index (χ4n) is 1.03. The van der Waals surface area contributed by atoms with E-state index >= 15 is 0 Å². The zero-order chi connectivity index (χ0) is 12.1. The van der Waals surface area contributed by atoms with Gasteiger partial charge in [0.2, 0.25) is 0 Å². The molecule has 0 saturated heterocycles. The van der Waals surface area contributed by atoms with E-state index in [1.807, 2.05) is 22.6 Å². The molecule has 0 atom stereocenters. The van der Waals surface area contributed by atoms with Crippen LogP contribution in [0.4, 0.5) is 4.39 Å². The molecule has 0 fully saturated rings. The van der Waals surface area contributed by atoms with Gasteiger partial charge in [0, 0.05) is 9.13 Å². The normalized spacial score (nSPS) is 10.8. The second-order valence-electron chi connectivity index (χ2n) is 2.83. The van der Waals surface area contributed by atoms with Crippen molar-refractivity contribution in [3.05, 3.63) is 38.7 Å². The minimum absolute atomic E-state index is 0.189. The second-order valence-corrected chi connectivity index (χ2v) is 4.07. The van der Waals surface area contributed by atoms with E-state index in [1.165, 1.54) is 25.3 Å². The van der Waals surface area contributed by atoms with Crippen molar-refractivity contribution in [2.24, 2.45) is 0 Å². The lowest BCUT2D eigenvalue weighted by Crippen LogP contribution is -2.02. The maximum Gasteiger partial charge on any atom is 0.348 e. The predicted octanol–water partition coefficient (Wildman–Crippen LogP) is 2.51. The van der Waals surface area contributed by atoms with Gasteiger partial charge in [0.25, 0.3) is 0 Å². The van der Waals surface area contributed by atoms with Crippen molar-refractivity contribution < 1.29 is 13.9 Å². The number of ether oxygens (including phenoxy) is 1. The predicted molar refractivity (Wildman–Crippen MR) is 64.7 cm³/mol. The van der Waals surface area contributed by atoms with Crippen LogP contribution < -0.4 is 0 Å². The zero-order valence-electron chi connectivity index (χ0n) is 8.33. The van der Waals surface area contributed by atoms with Crippen LogP contribution in [-0.2, 0) is 9.53 Å². The van der Waals surface area contributed by atoms with E-state index in [1.54, 1.807) is 12.1 Å². The number of halogens is 2. The Hall–Kier alpha value is -1.42. The fourth-order valence-corrected chi connectivity index (χ4v) is 1.54. The van der Waals surface area contributed by atoms with Gasteiger partial charge in [-0.3, -0.25) is 0 Å². The average Bonchev–Trinajstić information content (AvgIpc) is 2.29. The Balaban J connectivity index is 3.19. The van der Waals surface area contributed by atoms with Gasteiger partial charge in [-0.25, -0.2) is 9.18 Å². The summed E-state index contributed by atoms with van der Waals surface area (Å²) in [7, 11) is 1.17. The molecule has 0 aliphatic heterocycles. The third-order valence-electron chi connectivity index (χ3n) is 1.78. The van der Waals surface area contributed by atoms with Crippen LogP contribution in [0.2, 0.25) is 0 Å². The highest BCUT2D eigenvalue weighted by molar-refractivity contribution is 14.1. The van der Waals surface area contributed by atoms with E-state index in [2.05, 4.69) is 4.74 Å². The van der Waals surface area contributed by atoms with Crippen molar-refractivity contribution in [3.8, 4) is 6.07 Å². The number of carbonyl (C=O) groups excluding carboxylic acids is 1. The van der Waals surface area contributed by atoms with Gasteiger partial charge in [0.1, 0.15) is 17.5 Å². The van der Waals surface area contributed by atoms with Crippen LogP contribution in [0, 0.1) is 20.7 Å². The molecule has 5 heteroatoms. The van der Waals surface area contributed by atoms with Crippen molar-refractivity contribution in [1.82, 2.24) is 0 Å². The van der Waals surface area contributed by atoms with Crippen LogP contribution in [-0.4, -0.2) is 13.1 Å². The number of hydrogen-bond acceptors (Lipinski definition) is 3. The molecule has 3 nitrogen and oxygen atoms in total. The molecular weight excluding hydrogens is 324 g/mol. The molecule has 0 aliphatic carbocycles. The molecule has 0 spiro atoms. The molecule has 0 unspecified atom stereocenters. The van der Waals surface area contributed by atoms with Gasteiger partial charge in [-0.1, -0.05) is 0 Å². The van der Waals surface area contributed by atoms with Crippen LogP contribution in [0.5, 0.6) is 0 Å². The van der Waals surface area contributed by atoms with Gasteiger partial charge in [-0.2, -0.15) is 5.26 Å². The lowest BCUT2D eigenvalue weighted by atomic mass is 10.1. The summed E-state index contributed by atoms with van der Waals surface area (Å²) in [6.45, 7) is 0. The Morgan fingerprint density at radius 3 is 2.88 bits per heavy atom. The van der Waals surface area contributed by atoms with Crippen LogP contribution in [0.3, 0.4) is 0 Å². The number of nitrogens with zero attached hydrogens (tertiary/aromatic N) is 1. The first-order valence-electron chi connectivity index (χ1n) is 4.23. The van der Waals surface area contributed by atoms with Crippen molar-refractivity contribution in [2.45, 2.75) is 0 Å². The second kappa shape index (κ2) is 5.61. The van der Waals surface area contributed by atoms with Gasteiger partial charge in [-0.15, -0.1) is 0 Å². The van der Waals surface area contributed by atoms with Gasteiger partial charge >= 0.3 is 5.97 Å². The van der Waals surface area contributed by atoms with Crippen LogP contribution in [0.25, 0.3) is 6.08 Å². The maximum atomic E-state index is 13.3. The molecule has 1 rings (SSSR count). The first kappa shape index (κ1) is 12.6. The summed E-state index contributed by atoms with van der Waals surface area (Å²) in [4.78, 5) is 11.1. The van der Waals surface area contributed by atoms with Gasteiger partial charge in [0.15, 0.2) is 0 Å². The Morgan fingerprint density at radius 2 is 2.31 bits per heavy atom. The molecule has 1 aromatic carbocycles. The van der Waals surface area contributed by atoms with Crippen LogP contribution in [0.1, 0.15) is 5.56 Å². The van der Waals surface area contributed by atoms with Crippen LogP contribution >= 0.6 is 22.6 Å². The highest BCUT2D eigenvalue weighted by Gasteiger charge is 2.10. The van der Waals surface area contributed by atoms with E-state index < -0.39 is 11.8 Å². The van der Waals surface area contributed by atoms with E-state index in [0.717, 1.165) is 3.57 Å². The molecule has 0 N–H and O–H groups in total. The highest BCUT2D eigenvalue weighted by Crippen LogP contribution is 2.16. The monoisotopic (exact) mass is 331 g/mol. The summed E-state index contributed by atoms with van der Waals surface area (Å²) >= 11 is 2.01. The summed E-state index contributed by atoms with van der Waals surface area (Å²) < 4.78 is 18.5. The molecule has 16 heavy (non-hydrogen) atoms. The molecule has 0 amide bonds. The van der Waals surface area contributed by atoms with Gasteiger partial charge in [-0.05, 0) is 46.9 Å². The quantitative estimate of drug-likeness (QED) is 0.362. The minimum Gasteiger partial charge on any atom is -0.465 e. The highest BCUT2D eigenvalue weighted by atomic mass is 127. The van der Waals surface area contributed by atoms with Crippen molar-refractivity contribution in [2.75, 3.05) is 7.11 Å². The first-order chi connectivity index (χ1) is 7.58. The molecule has 0 aliphatic rings. The summed E-state index contributed by atoms with van der Waals surface area (Å²) in [5.41, 5.74) is -0.0442. The third kappa shape index (κ3) is 3.03. The minimum atomic E-state index is -0.777. The fraction of sp³-hybridized carbons (Fsp3) is 0.0909. The first-order valence-corrected chi connectivity index (χ1v) is 5.31. The lowest BCUT2D eigenvalue weighted by Gasteiger charge is -1.99. The molecule has 0 radical (unpaired) electrons. The molecule has 1 aromatic rings. The number of benzene rings is 1. The molecule has 0 heterocycles. The Bertz CT molecular complexity index is 491. The average molecular weight is 331 g/mol. The van der Waals surface area contributed by atoms with E-state index in [4.69, 9.17) is 5.26 Å². The molecule has 0 aromatic heterocycles. The summed E-state index contributed by atoms with van der Waals surface area (Å²) in [5.74, 6) is -1.27. The SMILES string of the molecule is COC(=O)/C(C#N)=C/c1cc(I)ccc1F. The number of hydrogen-bond donors (Lipinski definition) is 0. The Morgan fingerprint density at radius 1 is 1.62 bits per heavy atom. The number of nitriles is 1. The smallest absolute Gasteiger partial charge is 0.348 e. The lowest BCUT2D eigenvalue weighted by molar-refractivity contribution is -0.135. The summed E-state index contributed by atoms with van der Waals surface area (Å²) in [6.07, 6.45) is 1.17. The molecule has 0 saturated carbocycles. The third-order valence-corrected chi connectivity index (χ3v) is 2.45.